The molecule has 0 spiro atoms. The van der Waals surface area contributed by atoms with Crippen molar-refractivity contribution in [3.63, 3.8) is 0 Å². The molecule has 4 rings (SSSR count). The molecule has 33 heavy (non-hydrogen) atoms. The maximum absolute atomic E-state index is 12.3. The van der Waals surface area contributed by atoms with Crippen LogP contribution < -0.4 is 22.5 Å². The Balaban J connectivity index is 1.35. The molecule has 0 saturated carbocycles. The first-order valence-corrected chi connectivity index (χ1v) is 10.7. The van der Waals surface area contributed by atoms with Gasteiger partial charge < -0.3 is 25.4 Å². The maximum atomic E-state index is 12.3. The van der Waals surface area contributed by atoms with E-state index in [2.05, 4.69) is 25.4 Å². The summed E-state index contributed by atoms with van der Waals surface area (Å²) in [7, 11) is 0. The second-order valence-electron chi connectivity index (χ2n) is 6.89. The molecule has 0 amide bonds. The van der Waals surface area contributed by atoms with Gasteiger partial charge in [-0.05, 0) is 6.07 Å². The lowest BCUT2D eigenvalue weighted by Gasteiger charge is -2.13. The standard InChI is InChI=1S/C17H22N8O7S/c18-10-1-2-25(17(29)20-10)11-5-30-12(33-11)6-32-23-16-21-14-13(15(28)22-16)19-7-24(14)8-31-9(3-26)4-27/h1-2,7,9,11-12,26-27H,3-6,8H2,(H2,18,20,29)(H2,21,22,23,28)/t11-,12-/m1/s1. The first kappa shape index (κ1) is 23.1. The smallest absolute Gasteiger partial charge is 0.350 e. The van der Waals surface area contributed by atoms with Crippen LogP contribution >= 0.6 is 11.8 Å². The number of nitrogen functional groups attached to an aromatic ring is 1. The lowest BCUT2D eigenvalue weighted by molar-refractivity contribution is -0.0488. The molecule has 3 aromatic rings. The molecule has 178 valence electrons. The number of thioether (sulfide) groups is 1. The zero-order valence-corrected chi connectivity index (χ0v) is 18.0. The number of nitrogens with one attached hydrogen (secondary N) is 2. The van der Waals surface area contributed by atoms with Gasteiger partial charge in [0, 0.05) is 6.20 Å². The number of hydrogen-bond acceptors (Lipinski definition) is 13. The molecule has 0 aromatic carbocycles. The number of hydrogen-bond donors (Lipinski definition) is 5. The second kappa shape index (κ2) is 10.3. The molecule has 15 nitrogen and oxygen atoms in total. The summed E-state index contributed by atoms with van der Waals surface area (Å²) in [5.41, 5.74) is 7.05. The molecule has 16 heteroatoms. The number of ether oxygens (including phenoxy) is 2. The zero-order chi connectivity index (χ0) is 23.4. The van der Waals surface area contributed by atoms with Gasteiger partial charge in [-0.25, -0.2) is 15.3 Å². The highest BCUT2D eigenvalue weighted by Crippen LogP contribution is 2.34. The molecule has 0 aliphatic carbocycles. The van der Waals surface area contributed by atoms with Crippen LogP contribution in [0.3, 0.4) is 0 Å². The number of rotatable bonds is 10. The van der Waals surface area contributed by atoms with E-state index in [9.17, 15) is 9.59 Å². The Kier molecular flexibility index (Phi) is 7.21. The van der Waals surface area contributed by atoms with E-state index in [1.165, 1.54) is 33.3 Å². The Bertz CT molecular complexity index is 1210. The summed E-state index contributed by atoms with van der Waals surface area (Å²) in [5.74, 6) is 0.186. The average Bonchev–Trinajstić information content (AvgIpc) is 3.42. The number of anilines is 2. The molecular formula is C17H22N8O7S. The predicted octanol–water partition coefficient (Wildman–Crippen LogP) is -1.78. The molecule has 0 bridgehead atoms. The van der Waals surface area contributed by atoms with Crippen LogP contribution in [0.5, 0.6) is 0 Å². The van der Waals surface area contributed by atoms with Crippen LogP contribution in [0.15, 0.2) is 28.2 Å². The maximum Gasteiger partial charge on any atom is 0.350 e. The highest BCUT2D eigenvalue weighted by molar-refractivity contribution is 8.00. The first-order chi connectivity index (χ1) is 16.0. The fourth-order valence-electron chi connectivity index (χ4n) is 2.95. The summed E-state index contributed by atoms with van der Waals surface area (Å²) in [5, 5.41) is 17.9. The highest BCUT2D eigenvalue weighted by Gasteiger charge is 2.28. The Hall–Kier alpha value is -3.02. The van der Waals surface area contributed by atoms with E-state index in [0.29, 0.717) is 0 Å². The van der Waals surface area contributed by atoms with Crippen molar-refractivity contribution in [3.05, 3.63) is 39.4 Å². The van der Waals surface area contributed by atoms with Crippen LogP contribution in [-0.4, -0.2) is 77.3 Å². The van der Waals surface area contributed by atoms with Crippen LogP contribution in [0.1, 0.15) is 5.37 Å². The molecule has 3 aromatic heterocycles. The minimum Gasteiger partial charge on any atom is -0.394 e. The van der Waals surface area contributed by atoms with Crippen molar-refractivity contribution in [1.29, 1.82) is 0 Å². The summed E-state index contributed by atoms with van der Waals surface area (Å²) in [6.45, 7) is -0.413. The lowest BCUT2D eigenvalue weighted by Crippen LogP contribution is -2.26. The predicted molar refractivity (Wildman–Crippen MR) is 116 cm³/mol. The number of H-pyrrole nitrogens is 1. The van der Waals surface area contributed by atoms with E-state index < -0.39 is 17.4 Å². The molecule has 0 unspecified atom stereocenters. The van der Waals surface area contributed by atoms with Crippen LogP contribution in [0, 0.1) is 0 Å². The van der Waals surface area contributed by atoms with Gasteiger partial charge in [0.05, 0.1) is 26.1 Å². The van der Waals surface area contributed by atoms with Gasteiger partial charge in [0.2, 0.25) is 5.95 Å². The Morgan fingerprint density at radius 1 is 1.36 bits per heavy atom. The van der Waals surface area contributed by atoms with E-state index in [0.717, 1.165) is 0 Å². The minimum atomic E-state index is -0.766. The van der Waals surface area contributed by atoms with Gasteiger partial charge in [-0.15, -0.1) is 11.8 Å². The van der Waals surface area contributed by atoms with Crippen molar-refractivity contribution in [2.24, 2.45) is 0 Å². The molecule has 4 heterocycles. The third-order valence-electron chi connectivity index (χ3n) is 4.61. The van der Waals surface area contributed by atoms with Crippen molar-refractivity contribution in [2.45, 2.75) is 23.6 Å². The quantitative estimate of drug-likeness (QED) is 0.203. The summed E-state index contributed by atoms with van der Waals surface area (Å²) >= 11 is 1.37. The normalized spacial score (nSPS) is 18.4. The van der Waals surface area contributed by atoms with E-state index in [1.807, 2.05) is 0 Å². The molecule has 1 aliphatic rings. The third kappa shape index (κ3) is 5.32. The van der Waals surface area contributed by atoms with Gasteiger partial charge in [-0.3, -0.25) is 23.8 Å². The number of nitrogens with two attached hydrogens (primary N) is 1. The minimum absolute atomic E-state index is 0.0358. The van der Waals surface area contributed by atoms with Crippen LogP contribution in [0.4, 0.5) is 11.8 Å². The van der Waals surface area contributed by atoms with Crippen molar-refractivity contribution in [3.8, 4) is 0 Å². The Morgan fingerprint density at radius 2 is 2.18 bits per heavy atom. The summed E-state index contributed by atoms with van der Waals surface area (Å²) in [4.78, 5) is 44.1. The number of imidazole rings is 1. The fourth-order valence-corrected chi connectivity index (χ4v) is 4.05. The van der Waals surface area contributed by atoms with Gasteiger partial charge in [0.1, 0.15) is 36.1 Å². The van der Waals surface area contributed by atoms with Crippen molar-refractivity contribution >= 4 is 34.7 Å². The summed E-state index contributed by atoms with van der Waals surface area (Å²) in [6, 6.07) is 1.54. The van der Waals surface area contributed by atoms with E-state index in [1.54, 1.807) is 6.20 Å². The van der Waals surface area contributed by atoms with Crippen LogP contribution in [0.25, 0.3) is 11.2 Å². The summed E-state index contributed by atoms with van der Waals surface area (Å²) < 4.78 is 13.9. The lowest BCUT2D eigenvalue weighted by atomic mass is 10.4. The molecule has 1 saturated heterocycles. The molecule has 2 atom stereocenters. The number of nitrogens with zero attached hydrogens (tertiary/aromatic N) is 5. The number of fused-ring (bicyclic) bond motifs is 1. The zero-order valence-electron chi connectivity index (χ0n) is 17.2. The number of aromatic amines is 1. The van der Waals surface area contributed by atoms with E-state index >= 15 is 0 Å². The highest BCUT2D eigenvalue weighted by atomic mass is 32.2. The average molecular weight is 482 g/mol. The van der Waals surface area contributed by atoms with E-state index in [4.69, 9.17) is 30.3 Å². The molecule has 0 radical (unpaired) electrons. The van der Waals surface area contributed by atoms with Crippen molar-refractivity contribution < 1.29 is 24.5 Å². The SMILES string of the molecule is Nc1ccn([C@H]2CO[C@@H](CONc3nc4c(ncn4COC(CO)CO)c(=O)[nH]3)S2)c(=O)n1. The Morgan fingerprint density at radius 3 is 2.94 bits per heavy atom. The first-order valence-electron chi connectivity index (χ1n) is 9.76. The summed E-state index contributed by atoms with van der Waals surface area (Å²) in [6.07, 6.45) is 2.16. The van der Waals surface area contributed by atoms with Gasteiger partial charge >= 0.3 is 5.69 Å². The van der Waals surface area contributed by atoms with Gasteiger partial charge in [0.15, 0.2) is 11.2 Å². The van der Waals surface area contributed by atoms with Gasteiger partial charge in [0.25, 0.3) is 5.56 Å². The van der Waals surface area contributed by atoms with Gasteiger partial charge in [-0.1, -0.05) is 0 Å². The monoisotopic (exact) mass is 482 g/mol. The fraction of sp³-hybridized carbons (Fsp3) is 0.471. The molecule has 1 fully saturated rings. The molecule has 1 aliphatic heterocycles. The van der Waals surface area contributed by atoms with Crippen molar-refractivity contribution in [1.82, 2.24) is 29.1 Å². The molecule has 6 N–H and O–H groups in total. The number of aromatic nitrogens is 6. The van der Waals surface area contributed by atoms with Crippen LogP contribution in [-0.2, 0) is 21.0 Å². The van der Waals surface area contributed by atoms with Crippen LogP contribution in [0.2, 0.25) is 0 Å². The van der Waals surface area contributed by atoms with E-state index in [-0.39, 0.29) is 66.9 Å². The molecular weight excluding hydrogens is 460 g/mol. The largest absolute Gasteiger partial charge is 0.394 e. The number of aliphatic hydroxyl groups excluding tert-OH is 2. The third-order valence-corrected chi connectivity index (χ3v) is 5.87. The number of aliphatic hydroxyl groups is 2. The Labute approximate surface area is 189 Å². The topological polar surface area (TPSA) is 205 Å². The van der Waals surface area contributed by atoms with Crippen molar-refractivity contribution in [2.75, 3.05) is 37.6 Å². The second-order valence-corrected chi connectivity index (χ2v) is 8.24. The van der Waals surface area contributed by atoms with Gasteiger partial charge in [-0.2, -0.15) is 9.97 Å².